The Morgan fingerprint density at radius 1 is 1.29 bits per heavy atom. The number of amides is 1. The molecule has 2 aromatic heterocycles. The summed E-state index contributed by atoms with van der Waals surface area (Å²) in [5.41, 5.74) is 1.40. The van der Waals surface area contributed by atoms with Crippen LogP contribution in [0.2, 0.25) is 0 Å². The van der Waals surface area contributed by atoms with E-state index in [4.69, 9.17) is 0 Å². The summed E-state index contributed by atoms with van der Waals surface area (Å²) in [4.78, 5) is 20.3. The van der Waals surface area contributed by atoms with Crippen LogP contribution in [0, 0.1) is 0 Å². The number of carbonyl (C=O) groups is 1. The first-order valence-corrected chi connectivity index (χ1v) is 6.55. The van der Waals surface area contributed by atoms with Crippen LogP contribution >= 0.6 is 0 Å². The Kier molecular flexibility index (Phi) is 3.72. The maximum absolute atomic E-state index is 12.2. The van der Waals surface area contributed by atoms with Gasteiger partial charge in [-0.15, -0.1) is 0 Å². The summed E-state index contributed by atoms with van der Waals surface area (Å²) in [7, 11) is 0. The molecule has 0 aliphatic rings. The number of nitrogens with zero attached hydrogens (tertiary/aromatic N) is 4. The van der Waals surface area contributed by atoms with Gasteiger partial charge in [0, 0.05) is 18.7 Å². The Bertz CT molecular complexity index is 704. The van der Waals surface area contributed by atoms with E-state index in [0.717, 1.165) is 11.5 Å². The smallest absolute Gasteiger partial charge is 0.269 e. The molecule has 2 heterocycles. The lowest BCUT2D eigenvalue weighted by Crippen LogP contribution is -2.27. The lowest BCUT2D eigenvalue weighted by molar-refractivity contribution is 0.0947. The lowest BCUT2D eigenvalue weighted by atomic mass is 10.3. The second-order valence-electron chi connectivity index (χ2n) is 4.42. The average molecular weight is 282 g/mol. The Morgan fingerprint density at radius 2 is 2.14 bits per heavy atom. The zero-order chi connectivity index (χ0) is 14.5. The van der Waals surface area contributed by atoms with E-state index < -0.39 is 0 Å². The zero-order valence-corrected chi connectivity index (χ0v) is 11.2. The fourth-order valence-corrected chi connectivity index (χ4v) is 1.99. The van der Waals surface area contributed by atoms with Gasteiger partial charge in [0.1, 0.15) is 17.8 Å². The Balaban J connectivity index is 1.67. The standard InChI is InChI=1S/C14H14N6O/c21-14(16-7-6-13-17-9-18-19-13)12-8-15-10-20(12)11-4-2-1-3-5-11/h1-5,8-10H,6-7H2,(H,16,21)(H,17,18,19). The number of hydrogen-bond donors (Lipinski definition) is 2. The van der Waals surface area contributed by atoms with Crippen LogP contribution in [0.4, 0.5) is 0 Å². The van der Waals surface area contributed by atoms with Crippen molar-refractivity contribution in [2.24, 2.45) is 0 Å². The van der Waals surface area contributed by atoms with Gasteiger partial charge in [-0.2, -0.15) is 5.10 Å². The molecule has 0 radical (unpaired) electrons. The second-order valence-corrected chi connectivity index (χ2v) is 4.42. The van der Waals surface area contributed by atoms with E-state index in [-0.39, 0.29) is 5.91 Å². The van der Waals surface area contributed by atoms with Crippen LogP contribution in [0.5, 0.6) is 0 Å². The molecule has 1 aromatic carbocycles. The fourth-order valence-electron chi connectivity index (χ4n) is 1.99. The molecular formula is C14H14N6O. The van der Waals surface area contributed by atoms with Gasteiger partial charge in [-0.1, -0.05) is 18.2 Å². The second kappa shape index (κ2) is 6.00. The molecule has 0 unspecified atom stereocenters. The van der Waals surface area contributed by atoms with Gasteiger partial charge >= 0.3 is 0 Å². The van der Waals surface area contributed by atoms with Crippen molar-refractivity contribution in [3.8, 4) is 5.69 Å². The van der Waals surface area contributed by atoms with Crippen molar-refractivity contribution in [3.05, 3.63) is 60.7 Å². The predicted octanol–water partition coefficient (Wildman–Crippen LogP) is 0.963. The monoisotopic (exact) mass is 282 g/mol. The minimum Gasteiger partial charge on any atom is -0.350 e. The van der Waals surface area contributed by atoms with Crippen LogP contribution < -0.4 is 5.32 Å². The van der Waals surface area contributed by atoms with E-state index in [1.807, 2.05) is 30.3 Å². The average Bonchev–Trinajstić information content (AvgIpc) is 3.19. The van der Waals surface area contributed by atoms with Gasteiger partial charge in [-0.25, -0.2) is 9.97 Å². The number of rotatable bonds is 5. The van der Waals surface area contributed by atoms with E-state index in [9.17, 15) is 4.79 Å². The van der Waals surface area contributed by atoms with Gasteiger partial charge in [0.05, 0.1) is 12.5 Å². The van der Waals surface area contributed by atoms with E-state index in [1.165, 1.54) is 6.33 Å². The number of aromatic nitrogens is 5. The highest BCUT2D eigenvalue weighted by molar-refractivity contribution is 5.92. The zero-order valence-electron chi connectivity index (χ0n) is 11.2. The molecule has 1 amide bonds. The number of aromatic amines is 1. The number of carbonyl (C=O) groups excluding carboxylic acids is 1. The highest BCUT2D eigenvalue weighted by atomic mass is 16.1. The van der Waals surface area contributed by atoms with Gasteiger partial charge < -0.3 is 5.32 Å². The van der Waals surface area contributed by atoms with Crippen molar-refractivity contribution < 1.29 is 4.79 Å². The fraction of sp³-hybridized carbons (Fsp3) is 0.143. The molecule has 0 fully saturated rings. The minimum atomic E-state index is -0.170. The summed E-state index contributed by atoms with van der Waals surface area (Å²) < 4.78 is 1.75. The molecule has 2 N–H and O–H groups in total. The first-order valence-electron chi connectivity index (χ1n) is 6.55. The number of hydrogen-bond acceptors (Lipinski definition) is 4. The number of para-hydroxylation sites is 1. The molecule has 21 heavy (non-hydrogen) atoms. The maximum Gasteiger partial charge on any atom is 0.269 e. The Morgan fingerprint density at radius 3 is 2.90 bits per heavy atom. The van der Waals surface area contributed by atoms with Crippen molar-refractivity contribution >= 4 is 5.91 Å². The maximum atomic E-state index is 12.2. The van der Waals surface area contributed by atoms with Crippen LogP contribution in [0.25, 0.3) is 5.69 Å². The summed E-state index contributed by atoms with van der Waals surface area (Å²) in [6, 6.07) is 9.61. The number of imidazole rings is 1. The Hall–Kier alpha value is -2.96. The molecular weight excluding hydrogens is 268 g/mol. The molecule has 7 nitrogen and oxygen atoms in total. The molecule has 0 saturated carbocycles. The highest BCUT2D eigenvalue weighted by Crippen LogP contribution is 2.10. The quantitative estimate of drug-likeness (QED) is 0.729. The largest absolute Gasteiger partial charge is 0.350 e. The number of benzene rings is 1. The molecule has 0 bridgehead atoms. The molecule has 106 valence electrons. The van der Waals surface area contributed by atoms with Crippen LogP contribution in [-0.2, 0) is 6.42 Å². The van der Waals surface area contributed by atoms with Crippen molar-refractivity contribution in [3.63, 3.8) is 0 Å². The van der Waals surface area contributed by atoms with Crippen molar-refractivity contribution in [1.82, 2.24) is 30.0 Å². The summed E-state index contributed by atoms with van der Waals surface area (Å²) in [6.45, 7) is 0.480. The first-order chi connectivity index (χ1) is 10.3. The lowest BCUT2D eigenvalue weighted by Gasteiger charge is -2.08. The molecule has 0 aliphatic heterocycles. The van der Waals surface area contributed by atoms with Crippen molar-refractivity contribution in [2.75, 3.05) is 6.54 Å². The SMILES string of the molecule is O=C(NCCc1ncn[nH]1)c1cncn1-c1ccccc1. The van der Waals surface area contributed by atoms with E-state index >= 15 is 0 Å². The minimum absolute atomic E-state index is 0.170. The number of nitrogens with one attached hydrogen (secondary N) is 2. The third-order valence-electron chi connectivity index (χ3n) is 3.02. The molecule has 0 spiro atoms. The molecule has 3 rings (SSSR count). The number of H-pyrrole nitrogens is 1. The molecule has 0 aliphatic carbocycles. The van der Waals surface area contributed by atoms with Crippen LogP contribution in [-0.4, -0.2) is 37.2 Å². The third kappa shape index (κ3) is 2.97. The summed E-state index contributed by atoms with van der Waals surface area (Å²) in [5, 5.41) is 9.36. The van der Waals surface area contributed by atoms with Gasteiger partial charge in [-0.05, 0) is 12.1 Å². The highest BCUT2D eigenvalue weighted by Gasteiger charge is 2.12. The first kappa shape index (κ1) is 13.0. The van der Waals surface area contributed by atoms with E-state index in [1.54, 1.807) is 17.1 Å². The normalized spacial score (nSPS) is 10.5. The van der Waals surface area contributed by atoms with Crippen molar-refractivity contribution in [1.29, 1.82) is 0 Å². The van der Waals surface area contributed by atoms with Gasteiger partial charge in [0.2, 0.25) is 0 Å². The topological polar surface area (TPSA) is 88.5 Å². The van der Waals surface area contributed by atoms with Crippen LogP contribution in [0.1, 0.15) is 16.3 Å². The molecule has 0 atom stereocenters. The van der Waals surface area contributed by atoms with Crippen LogP contribution in [0.3, 0.4) is 0 Å². The van der Waals surface area contributed by atoms with Gasteiger partial charge in [0.15, 0.2) is 0 Å². The predicted molar refractivity (Wildman–Crippen MR) is 76.0 cm³/mol. The Labute approximate surface area is 121 Å². The van der Waals surface area contributed by atoms with E-state index in [0.29, 0.717) is 18.7 Å². The van der Waals surface area contributed by atoms with Crippen molar-refractivity contribution in [2.45, 2.75) is 6.42 Å². The molecule has 7 heteroatoms. The third-order valence-corrected chi connectivity index (χ3v) is 3.02. The van der Waals surface area contributed by atoms with E-state index in [2.05, 4.69) is 25.5 Å². The summed E-state index contributed by atoms with van der Waals surface area (Å²) in [5.74, 6) is 0.572. The van der Waals surface area contributed by atoms with Gasteiger partial charge in [-0.3, -0.25) is 14.5 Å². The summed E-state index contributed by atoms with van der Waals surface area (Å²) >= 11 is 0. The molecule has 0 saturated heterocycles. The summed E-state index contributed by atoms with van der Waals surface area (Å²) in [6.07, 6.45) is 5.23. The van der Waals surface area contributed by atoms with Gasteiger partial charge in [0.25, 0.3) is 5.91 Å². The molecule has 3 aromatic rings. The van der Waals surface area contributed by atoms with Crippen LogP contribution in [0.15, 0.2) is 49.2 Å².